The van der Waals surface area contributed by atoms with Gasteiger partial charge in [0.25, 0.3) is 0 Å². The minimum Gasteiger partial charge on any atom is -0.493 e. The van der Waals surface area contributed by atoms with Crippen LogP contribution in [0.25, 0.3) is 0 Å². The summed E-state index contributed by atoms with van der Waals surface area (Å²) in [6.45, 7) is 1.41. The Morgan fingerprint density at radius 1 is 1.60 bits per heavy atom. The molecule has 1 aromatic rings. The first kappa shape index (κ1) is 10.6. The van der Waals surface area contributed by atoms with Crippen LogP contribution in [-0.2, 0) is 13.0 Å². The van der Waals surface area contributed by atoms with Gasteiger partial charge in [0.1, 0.15) is 0 Å². The van der Waals surface area contributed by atoms with Crippen molar-refractivity contribution in [2.75, 3.05) is 20.8 Å². The second kappa shape index (κ2) is 4.29. The lowest BCUT2D eigenvalue weighted by molar-refractivity contribution is 0.324. The molecule has 1 aromatic carbocycles. The van der Waals surface area contributed by atoms with E-state index >= 15 is 0 Å². The maximum absolute atomic E-state index is 6.18. The van der Waals surface area contributed by atoms with Gasteiger partial charge >= 0.3 is 0 Å². The molecule has 0 unspecified atom stereocenters. The Morgan fingerprint density at radius 2 is 2.40 bits per heavy atom. The average molecular weight is 228 g/mol. The van der Waals surface area contributed by atoms with Crippen LogP contribution in [0.5, 0.6) is 11.5 Å². The van der Waals surface area contributed by atoms with E-state index in [2.05, 4.69) is 5.32 Å². The first-order chi connectivity index (χ1) is 7.27. The molecule has 0 spiro atoms. The van der Waals surface area contributed by atoms with Crippen LogP contribution in [0.3, 0.4) is 0 Å². The Labute approximate surface area is 94.3 Å². The van der Waals surface area contributed by atoms with Crippen molar-refractivity contribution in [3.05, 3.63) is 22.2 Å². The molecule has 4 heteroatoms. The number of halogens is 1. The van der Waals surface area contributed by atoms with Gasteiger partial charge in [-0.3, -0.25) is 0 Å². The predicted octanol–water partition coefficient (Wildman–Crippen LogP) is 2.00. The van der Waals surface area contributed by atoms with Gasteiger partial charge in [-0.2, -0.15) is 0 Å². The fraction of sp³-hybridized carbons (Fsp3) is 0.455. The number of benzene rings is 1. The molecular formula is C11H14ClNO2. The molecule has 1 heterocycles. The molecule has 0 saturated carbocycles. The topological polar surface area (TPSA) is 30.5 Å². The van der Waals surface area contributed by atoms with Crippen LogP contribution in [-0.4, -0.2) is 20.8 Å². The van der Waals surface area contributed by atoms with Crippen LogP contribution in [0.15, 0.2) is 6.07 Å². The summed E-state index contributed by atoms with van der Waals surface area (Å²) < 4.78 is 10.9. The first-order valence-corrected chi connectivity index (χ1v) is 5.31. The highest BCUT2D eigenvalue weighted by Crippen LogP contribution is 2.42. The molecule has 82 valence electrons. The molecule has 0 radical (unpaired) electrons. The van der Waals surface area contributed by atoms with Crippen molar-refractivity contribution in [1.29, 1.82) is 0 Å². The van der Waals surface area contributed by atoms with Crippen LogP contribution >= 0.6 is 11.6 Å². The van der Waals surface area contributed by atoms with E-state index in [1.54, 1.807) is 7.11 Å². The summed E-state index contributed by atoms with van der Waals surface area (Å²) in [6.07, 6.45) is 0.865. The SMILES string of the molecule is CNCc1cc(Cl)c2c(c1OC)OCC2. The minimum atomic E-state index is 0.689. The molecule has 0 fully saturated rings. The molecule has 3 nitrogen and oxygen atoms in total. The molecule has 1 aliphatic rings. The largest absolute Gasteiger partial charge is 0.493 e. The molecular weight excluding hydrogens is 214 g/mol. The van der Waals surface area contributed by atoms with Gasteiger partial charge in [-0.1, -0.05) is 11.6 Å². The maximum Gasteiger partial charge on any atom is 0.166 e. The summed E-state index contributed by atoms with van der Waals surface area (Å²) in [5.41, 5.74) is 2.10. The van der Waals surface area contributed by atoms with Crippen LogP contribution in [0.2, 0.25) is 5.02 Å². The van der Waals surface area contributed by atoms with E-state index in [9.17, 15) is 0 Å². The zero-order valence-electron chi connectivity index (χ0n) is 8.89. The third-order valence-corrected chi connectivity index (χ3v) is 2.87. The highest BCUT2D eigenvalue weighted by Gasteiger charge is 2.23. The lowest BCUT2D eigenvalue weighted by atomic mass is 10.1. The number of methoxy groups -OCH3 is 1. The van der Waals surface area contributed by atoms with Gasteiger partial charge in [0, 0.05) is 29.1 Å². The quantitative estimate of drug-likeness (QED) is 0.857. The molecule has 1 aliphatic heterocycles. The molecule has 15 heavy (non-hydrogen) atoms. The van der Waals surface area contributed by atoms with Crippen LogP contribution in [0.4, 0.5) is 0 Å². The zero-order valence-corrected chi connectivity index (χ0v) is 9.65. The summed E-state index contributed by atoms with van der Waals surface area (Å²) in [5.74, 6) is 1.62. The standard InChI is InChI=1S/C11H14ClNO2/c1-13-6-7-5-9(12)8-3-4-15-11(8)10(7)14-2/h5,13H,3-4,6H2,1-2H3. The highest BCUT2D eigenvalue weighted by molar-refractivity contribution is 6.31. The first-order valence-electron chi connectivity index (χ1n) is 4.93. The fourth-order valence-corrected chi connectivity index (χ4v) is 2.20. The highest BCUT2D eigenvalue weighted by atomic mass is 35.5. The molecule has 0 saturated heterocycles. The number of ether oxygens (including phenoxy) is 2. The van der Waals surface area contributed by atoms with E-state index in [0.717, 1.165) is 40.6 Å². The lowest BCUT2D eigenvalue weighted by Gasteiger charge is -2.13. The monoisotopic (exact) mass is 227 g/mol. The van der Waals surface area contributed by atoms with Crippen molar-refractivity contribution in [1.82, 2.24) is 5.32 Å². The molecule has 0 aromatic heterocycles. The minimum absolute atomic E-state index is 0.689. The van der Waals surface area contributed by atoms with Crippen LogP contribution in [0.1, 0.15) is 11.1 Å². The van der Waals surface area contributed by atoms with Crippen LogP contribution < -0.4 is 14.8 Å². The summed E-state index contributed by atoms with van der Waals surface area (Å²) >= 11 is 6.18. The van der Waals surface area contributed by atoms with E-state index < -0.39 is 0 Å². The summed E-state index contributed by atoms with van der Waals surface area (Å²) in [4.78, 5) is 0. The molecule has 1 N–H and O–H groups in total. The predicted molar refractivity (Wildman–Crippen MR) is 60.0 cm³/mol. The Morgan fingerprint density at radius 3 is 3.07 bits per heavy atom. The van der Waals surface area contributed by atoms with Gasteiger partial charge in [-0.25, -0.2) is 0 Å². The van der Waals surface area contributed by atoms with Gasteiger partial charge in [-0.05, 0) is 13.1 Å². The van der Waals surface area contributed by atoms with Gasteiger partial charge < -0.3 is 14.8 Å². The van der Waals surface area contributed by atoms with Crippen molar-refractivity contribution >= 4 is 11.6 Å². The molecule has 0 bridgehead atoms. The van der Waals surface area contributed by atoms with Crippen molar-refractivity contribution in [3.8, 4) is 11.5 Å². The van der Waals surface area contributed by atoms with Gasteiger partial charge in [0.2, 0.25) is 0 Å². The van der Waals surface area contributed by atoms with E-state index in [-0.39, 0.29) is 0 Å². The number of nitrogens with one attached hydrogen (secondary N) is 1. The fourth-order valence-electron chi connectivity index (χ4n) is 1.88. The summed E-state index contributed by atoms with van der Waals surface area (Å²) in [5, 5.41) is 3.85. The number of hydrogen-bond acceptors (Lipinski definition) is 3. The van der Waals surface area contributed by atoms with E-state index in [1.165, 1.54) is 0 Å². The maximum atomic E-state index is 6.18. The molecule has 0 atom stereocenters. The zero-order chi connectivity index (χ0) is 10.8. The van der Waals surface area contributed by atoms with Gasteiger partial charge in [-0.15, -0.1) is 0 Å². The third kappa shape index (κ3) is 1.77. The summed E-state index contributed by atoms with van der Waals surface area (Å²) in [6, 6.07) is 1.95. The molecule has 0 amide bonds. The van der Waals surface area contributed by atoms with Crippen molar-refractivity contribution in [3.63, 3.8) is 0 Å². The Bertz CT molecular complexity index is 379. The number of hydrogen-bond donors (Lipinski definition) is 1. The normalized spacial score (nSPS) is 13.5. The van der Waals surface area contributed by atoms with E-state index in [0.29, 0.717) is 6.61 Å². The van der Waals surface area contributed by atoms with Gasteiger partial charge in [0.05, 0.1) is 13.7 Å². The van der Waals surface area contributed by atoms with E-state index in [1.807, 2.05) is 13.1 Å². The van der Waals surface area contributed by atoms with Crippen molar-refractivity contribution in [2.45, 2.75) is 13.0 Å². The Balaban J connectivity index is 2.52. The Kier molecular flexibility index (Phi) is 3.03. The number of rotatable bonds is 3. The van der Waals surface area contributed by atoms with Crippen molar-refractivity contribution in [2.24, 2.45) is 0 Å². The van der Waals surface area contributed by atoms with Gasteiger partial charge in [0.15, 0.2) is 11.5 Å². The second-order valence-electron chi connectivity index (χ2n) is 3.49. The Hall–Kier alpha value is -0.930. The van der Waals surface area contributed by atoms with E-state index in [4.69, 9.17) is 21.1 Å². The van der Waals surface area contributed by atoms with Crippen LogP contribution in [0, 0.1) is 0 Å². The summed E-state index contributed by atoms with van der Waals surface area (Å²) in [7, 11) is 3.55. The molecule has 2 rings (SSSR count). The van der Waals surface area contributed by atoms with Crippen molar-refractivity contribution < 1.29 is 9.47 Å². The average Bonchev–Trinajstić information content (AvgIpc) is 2.68. The number of fused-ring (bicyclic) bond motifs is 1. The third-order valence-electron chi connectivity index (χ3n) is 2.53. The lowest BCUT2D eigenvalue weighted by Crippen LogP contribution is -2.07. The molecule has 0 aliphatic carbocycles. The second-order valence-corrected chi connectivity index (χ2v) is 3.89. The smallest absolute Gasteiger partial charge is 0.166 e.